The molecule has 2 aliphatic rings. The Morgan fingerprint density at radius 1 is 1.18 bits per heavy atom. The fourth-order valence-electron chi connectivity index (χ4n) is 4.35. The maximum absolute atomic E-state index is 10.1. The Labute approximate surface area is 187 Å². The molecule has 2 saturated heterocycles. The highest BCUT2D eigenvalue weighted by molar-refractivity contribution is 14.0. The van der Waals surface area contributed by atoms with Crippen LogP contribution >= 0.6 is 24.0 Å². The van der Waals surface area contributed by atoms with Crippen LogP contribution in [-0.4, -0.2) is 79.3 Å². The van der Waals surface area contributed by atoms with E-state index in [4.69, 9.17) is 0 Å². The molecule has 0 bridgehead atoms. The van der Waals surface area contributed by atoms with Crippen LogP contribution in [0.3, 0.4) is 0 Å². The van der Waals surface area contributed by atoms with E-state index < -0.39 is 0 Å². The van der Waals surface area contributed by atoms with Gasteiger partial charge in [-0.05, 0) is 45.4 Å². The summed E-state index contributed by atoms with van der Waals surface area (Å²) >= 11 is 0. The molecule has 0 aromatic heterocycles. The molecule has 1 aromatic rings. The van der Waals surface area contributed by atoms with Gasteiger partial charge in [0.25, 0.3) is 0 Å². The Kier molecular flexibility index (Phi) is 9.14. The smallest absolute Gasteiger partial charge is 0.193 e. The summed E-state index contributed by atoms with van der Waals surface area (Å²) in [6.45, 7) is 10.4. The van der Waals surface area contributed by atoms with Gasteiger partial charge in [0.05, 0.1) is 5.69 Å². The van der Waals surface area contributed by atoms with E-state index >= 15 is 0 Å². The van der Waals surface area contributed by atoms with Crippen LogP contribution in [-0.2, 0) is 0 Å². The van der Waals surface area contributed by atoms with Gasteiger partial charge in [0, 0.05) is 51.9 Å². The molecule has 0 saturated carbocycles. The number of phenolic OH excluding ortho intramolecular Hbond substituents is 1. The maximum atomic E-state index is 10.1. The average Bonchev–Trinajstić information content (AvgIpc) is 2.69. The molecule has 2 atom stereocenters. The van der Waals surface area contributed by atoms with Gasteiger partial charge in [-0.1, -0.05) is 18.6 Å². The van der Waals surface area contributed by atoms with Crippen molar-refractivity contribution in [2.24, 2.45) is 4.99 Å². The van der Waals surface area contributed by atoms with Gasteiger partial charge in [-0.3, -0.25) is 9.89 Å². The molecule has 2 fully saturated rings. The van der Waals surface area contributed by atoms with Crippen LogP contribution in [0.15, 0.2) is 29.3 Å². The number of aromatic hydroxyl groups is 1. The summed E-state index contributed by atoms with van der Waals surface area (Å²) in [7, 11) is 1.87. The molecule has 2 unspecified atom stereocenters. The van der Waals surface area contributed by atoms with E-state index in [1.54, 1.807) is 6.07 Å². The van der Waals surface area contributed by atoms with Gasteiger partial charge < -0.3 is 20.2 Å². The fraction of sp³-hybridized carbons (Fsp3) is 0.667. The molecule has 2 aliphatic heterocycles. The number of hydrogen-bond donors (Lipinski definition) is 2. The molecule has 3 rings (SSSR count). The average molecular weight is 501 g/mol. The number of likely N-dealkylation sites (tertiary alicyclic amines) is 1. The van der Waals surface area contributed by atoms with Gasteiger partial charge in [-0.25, -0.2) is 0 Å². The molecular weight excluding hydrogens is 465 g/mol. The number of rotatable bonds is 4. The lowest BCUT2D eigenvalue weighted by atomic mass is 10.0. The number of anilines is 1. The van der Waals surface area contributed by atoms with Crippen molar-refractivity contribution in [2.75, 3.05) is 51.2 Å². The molecule has 2 N–H and O–H groups in total. The molecule has 0 amide bonds. The third kappa shape index (κ3) is 5.65. The Bertz CT molecular complexity index is 633. The van der Waals surface area contributed by atoms with Gasteiger partial charge in [0.2, 0.25) is 0 Å². The minimum atomic E-state index is 0. The van der Waals surface area contributed by atoms with E-state index in [0.29, 0.717) is 17.8 Å². The fourth-order valence-corrected chi connectivity index (χ4v) is 4.35. The number of halogens is 1. The first-order valence-electron chi connectivity index (χ1n) is 10.3. The zero-order valence-corrected chi connectivity index (χ0v) is 19.8. The summed E-state index contributed by atoms with van der Waals surface area (Å²) in [5.74, 6) is 1.35. The largest absolute Gasteiger partial charge is 0.506 e. The number of para-hydroxylation sites is 2. The lowest BCUT2D eigenvalue weighted by Crippen LogP contribution is -2.55. The van der Waals surface area contributed by atoms with E-state index in [0.717, 1.165) is 44.4 Å². The zero-order chi connectivity index (χ0) is 19.2. The second-order valence-corrected chi connectivity index (χ2v) is 7.82. The van der Waals surface area contributed by atoms with Gasteiger partial charge in [-0.15, -0.1) is 24.0 Å². The lowest BCUT2D eigenvalue weighted by molar-refractivity contribution is 0.115. The summed E-state index contributed by atoms with van der Waals surface area (Å²) in [5, 5.41) is 13.7. The number of nitrogens with zero attached hydrogens (tertiary/aromatic N) is 4. The summed E-state index contributed by atoms with van der Waals surface area (Å²) in [4.78, 5) is 11.7. The van der Waals surface area contributed by atoms with Crippen molar-refractivity contribution in [3.05, 3.63) is 24.3 Å². The van der Waals surface area contributed by atoms with Crippen LogP contribution in [0.4, 0.5) is 5.69 Å². The van der Waals surface area contributed by atoms with Crippen LogP contribution < -0.4 is 10.2 Å². The molecule has 1 aromatic carbocycles. The van der Waals surface area contributed by atoms with Gasteiger partial charge in [0.15, 0.2) is 5.96 Å². The molecular formula is C21H36IN5O. The maximum Gasteiger partial charge on any atom is 0.193 e. The number of aliphatic imine (C=N–C) groups is 1. The molecule has 6 nitrogen and oxygen atoms in total. The van der Waals surface area contributed by atoms with Crippen molar-refractivity contribution in [3.63, 3.8) is 0 Å². The van der Waals surface area contributed by atoms with Crippen LogP contribution in [0.25, 0.3) is 0 Å². The van der Waals surface area contributed by atoms with E-state index in [2.05, 4.69) is 38.9 Å². The van der Waals surface area contributed by atoms with Gasteiger partial charge in [0.1, 0.15) is 5.75 Å². The Hall–Kier alpha value is -1.22. The Balaban J connectivity index is 0.00000280. The van der Waals surface area contributed by atoms with E-state index in [-0.39, 0.29) is 24.0 Å². The molecule has 158 valence electrons. The Morgan fingerprint density at radius 2 is 1.89 bits per heavy atom. The number of piperazine rings is 1. The molecule has 28 heavy (non-hydrogen) atoms. The van der Waals surface area contributed by atoms with Crippen LogP contribution in [0.5, 0.6) is 5.75 Å². The summed E-state index contributed by atoms with van der Waals surface area (Å²) in [6.07, 6.45) is 3.99. The standard InChI is InChI=1S/C21H35N5O.HI/c1-17-8-6-7-11-26(17)18(2)16-23-21(22-3)25-14-12-24(13-15-25)19-9-4-5-10-20(19)27;/h4-5,9-10,17-18,27H,6-8,11-16H2,1-3H3,(H,22,23);1H. The van der Waals surface area contributed by atoms with Crippen LogP contribution in [0.1, 0.15) is 33.1 Å². The quantitative estimate of drug-likeness (QED) is 0.378. The van der Waals surface area contributed by atoms with Crippen molar-refractivity contribution in [2.45, 2.75) is 45.2 Å². The van der Waals surface area contributed by atoms with Gasteiger partial charge in [-0.2, -0.15) is 0 Å². The highest BCUT2D eigenvalue weighted by atomic mass is 127. The summed E-state index contributed by atoms with van der Waals surface area (Å²) in [5.41, 5.74) is 0.924. The summed E-state index contributed by atoms with van der Waals surface area (Å²) in [6, 6.07) is 8.78. The number of phenols is 1. The first-order chi connectivity index (χ1) is 13.1. The van der Waals surface area contributed by atoms with Crippen LogP contribution in [0, 0.1) is 0 Å². The van der Waals surface area contributed by atoms with Crippen molar-refractivity contribution in [3.8, 4) is 5.75 Å². The molecule has 0 radical (unpaired) electrons. The Morgan fingerprint density at radius 3 is 2.54 bits per heavy atom. The number of piperidine rings is 1. The van der Waals surface area contributed by atoms with Crippen molar-refractivity contribution < 1.29 is 5.11 Å². The highest BCUT2D eigenvalue weighted by Crippen LogP contribution is 2.27. The van der Waals surface area contributed by atoms with E-state index in [9.17, 15) is 5.11 Å². The van der Waals surface area contributed by atoms with Crippen molar-refractivity contribution in [1.29, 1.82) is 0 Å². The van der Waals surface area contributed by atoms with Crippen molar-refractivity contribution >= 4 is 35.6 Å². The van der Waals surface area contributed by atoms with E-state index in [1.807, 2.05) is 25.2 Å². The second-order valence-electron chi connectivity index (χ2n) is 7.82. The predicted octanol–water partition coefficient (Wildman–Crippen LogP) is 2.97. The van der Waals surface area contributed by atoms with E-state index in [1.165, 1.54) is 25.8 Å². The third-order valence-corrected chi connectivity index (χ3v) is 5.99. The molecule has 2 heterocycles. The number of guanidine groups is 1. The first kappa shape index (κ1) is 23.1. The van der Waals surface area contributed by atoms with Gasteiger partial charge >= 0.3 is 0 Å². The SMILES string of the molecule is CN=C(NCC(C)N1CCCCC1C)N1CCN(c2ccccc2O)CC1.I. The molecule has 0 spiro atoms. The monoisotopic (exact) mass is 501 g/mol. The second kappa shape index (κ2) is 11.1. The topological polar surface area (TPSA) is 54.3 Å². The lowest BCUT2D eigenvalue weighted by Gasteiger charge is -2.40. The normalized spacial score (nSPS) is 22.5. The predicted molar refractivity (Wildman–Crippen MR) is 128 cm³/mol. The van der Waals surface area contributed by atoms with Crippen molar-refractivity contribution in [1.82, 2.24) is 15.1 Å². The van der Waals surface area contributed by atoms with Crippen LogP contribution in [0.2, 0.25) is 0 Å². The highest BCUT2D eigenvalue weighted by Gasteiger charge is 2.25. The number of benzene rings is 1. The summed E-state index contributed by atoms with van der Waals surface area (Å²) < 4.78 is 0. The molecule has 7 heteroatoms. The molecule has 0 aliphatic carbocycles. The number of hydrogen-bond acceptors (Lipinski definition) is 4. The zero-order valence-electron chi connectivity index (χ0n) is 17.5. The minimum absolute atomic E-state index is 0. The first-order valence-corrected chi connectivity index (χ1v) is 10.3. The minimum Gasteiger partial charge on any atom is -0.506 e. The third-order valence-electron chi connectivity index (χ3n) is 5.99. The number of nitrogens with one attached hydrogen (secondary N) is 1.